The van der Waals surface area contributed by atoms with Gasteiger partial charge in [0.25, 0.3) is 0 Å². The second-order valence-corrected chi connectivity index (χ2v) is 9.77. The Hall–Kier alpha value is -3.16. The Bertz CT molecular complexity index is 1130. The van der Waals surface area contributed by atoms with E-state index in [4.69, 9.17) is 16.3 Å². The highest BCUT2D eigenvalue weighted by Gasteiger charge is 2.33. The number of rotatable bonds is 7. The summed E-state index contributed by atoms with van der Waals surface area (Å²) >= 11 is 5.96. The van der Waals surface area contributed by atoms with E-state index in [0.717, 1.165) is 31.7 Å². The van der Waals surface area contributed by atoms with Gasteiger partial charge < -0.3 is 15.4 Å². The molecule has 7 nitrogen and oxygen atoms in total. The van der Waals surface area contributed by atoms with Crippen LogP contribution in [0.2, 0.25) is 5.02 Å². The molecule has 1 aliphatic heterocycles. The number of nitrogens with one attached hydrogen (secondary N) is 2. The van der Waals surface area contributed by atoms with E-state index in [0.29, 0.717) is 22.4 Å². The molecule has 0 radical (unpaired) electrons. The van der Waals surface area contributed by atoms with Gasteiger partial charge in [-0.3, -0.25) is 14.9 Å². The number of piperidine rings is 1. The number of benzene rings is 1. The van der Waals surface area contributed by atoms with Crippen molar-refractivity contribution in [3.8, 4) is 5.75 Å². The highest BCUT2D eigenvalue weighted by molar-refractivity contribution is 6.30. The summed E-state index contributed by atoms with van der Waals surface area (Å²) in [5.74, 6) is 1.42. The quantitative estimate of drug-likeness (QED) is 0.475. The number of anilines is 1. The van der Waals surface area contributed by atoms with Crippen LogP contribution < -0.4 is 15.4 Å². The topological polar surface area (TPSA) is 79.4 Å². The second kappa shape index (κ2) is 10.6. The van der Waals surface area contributed by atoms with Crippen molar-refractivity contribution in [2.75, 3.05) is 25.5 Å². The third-order valence-corrected chi connectivity index (χ3v) is 6.99. The van der Waals surface area contributed by atoms with Crippen molar-refractivity contribution in [2.45, 2.75) is 43.7 Å². The van der Waals surface area contributed by atoms with Gasteiger partial charge in [0, 0.05) is 65.8 Å². The average Bonchev–Trinajstić information content (AvgIpc) is 3.73. The summed E-state index contributed by atoms with van der Waals surface area (Å²) < 4.78 is 5.28. The number of carbonyl (C=O) groups excluding carboxylic acids is 1. The normalized spacial score (nSPS) is 20.3. The van der Waals surface area contributed by atoms with Crippen LogP contribution >= 0.6 is 11.6 Å². The molecule has 2 aromatic heterocycles. The Morgan fingerprint density at radius 2 is 1.80 bits per heavy atom. The van der Waals surface area contributed by atoms with Gasteiger partial charge >= 0.3 is 6.03 Å². The zero-order valence-corrected chi connectivity index (χ0v) is 20.5. The molecule has 3 heterocycles. The molecule has 35 heavy (non-hydrogen) atoms. The lowest BCUT2D eigenvalue weighted by molar-refractivity contribution is 0.166. The fourth-order valence-electron chi connectivity index (χ4n) is 4.64. The minimum atomic E-state index is -0.232. The molecule has 0 spiro atoms. The van der Waals surface area contributed by atoms with Gasteiger partial charge in [0.2, 0.25) is 0 Å². The Morgan fingerprint density at radius 3 is 2.46 bits per heavy atom. The molecule has 0 unspecified atom stereocenters. The minimum absolute atomic E-state index is 0.0457. The molecule has 182 valence electrons. The van der Waals surface area contributed by atoms with Gasteiger partial charge in [-0.1, -0.05) is 17.7 Å². The van der Waals surface area contributed by atoms with Gasteiger partial charge in [-0.25, -0.2) is 4.79 Å². The maximum Gasteiger partial charge on any atom is 0.319 e. The first-order valence-electron chi connectivity index (χ1n) is 12.1. The van der Waals surface area contributed by atoms with Crippen molar-refractivity contribution in [3.05, 3.63) is 82.9 Å². The van der Waals surface area contributed by atoms with E-state index < -0.39 is 0 Å². The molecule has 0 bridgehead atoms. The fourth-order valence-corrected chi connectivity index (χ4v) is 4.77. The first-order chi connectivity index (χ1) is 17.1. The molecule has 2 atom stereocenters. The Morgan fingerprint density at radius 1 is 1.03 bits per heavy atom. The summed E-state index contributed by atoms with van der Waals surface area (Å²) in [6.45, 7) is 2.49. The second-order valence-electron chi connectivity index (χ2n) is 9.33. The van der Waals surface area contributed by atoms with Crippen LogP contribution in [0.4, 0.5) is 10.5 Å². The maximum atomic E-state index is 12.8. The lowest BCUT2D eigenvalue weighted by atomic mass is 9.88. The smallest absolute Gasteiger partial charge is 0.319 e. The SMILES string of the molecule is COc1ccc([C@@H]2CN(Cc3ccc(C4CC4)nc3)CC[C@H]2NC(=O)Nc2ccc(Cl)cc2)nc1. The maximum absolute atomic E-state index is 12.8. The zero-order chi connectivity index (χ0) is 24.2. The number of urea groups is 1. The van der Waals surface area contributed by atoms with Crippen molar-refractivity contribution < 1.29 is 9.53 Å². The highest BCUT2D eigenvalue weighted by atomic mass is 35.5. The summed E-state index contributed by atoms with van der Waals surface area (Å²) in [6, 6.07) is 15.1. The minimum Gasteiger partial charge on any atom is -0.495 e. The van der Waals surface area contributed by atoms with Crippen molar-refractivity contribution in [3.63, 3.8) is 0 Å². The van der Waals surface area contributed by atoms with Crippen LogP contribution in [-0.4, -0.2) is 47.1 Å². The first kappa shape index (κ1) is 23.6. The van der Waals surface area contributed by atoms with Crippen LogP contribution in [0, 0.1) is 0 Å². The molecule has 5 rings (SSSR count). The van der Waals surface area contributed by atoms with Gasteiger partial charge in [-0.05, 0) is 67.3 Å². The summed E-state index contributed by atoms with van der Waals surface area (Å²) in [6.07, 6.45) is 7.09. The monoisotopic (exact) mass is 491 g/mol. The molecule has 1 saturated carbocycles. The number of likely N-dealkylation sites (tertiary alicyclic amines) is 1. The number of aromatic nitrogens is 2. The molecule has 1 aliphatic carbocycles. The number of pyridine rings is 2. The average molecular weight is 492 g/mol. The van der Waals surface area contributed by atoms with E-state index in [1.807, 2.05) is 18.3 Å². The molecule has 3 aromatic rings. The van der Waals surface area contributed by atoms with E-state index in [-0.39, 0.29) is 18.0 Å². The van der Waals surface area contributed by atoms with Crippen LogP contribution in [0.25, 0.3) is 0 Å². The van der Waals surface area contributed by atoms with E-state index in [9.17, 15) is 4.79 Å². The molecule has 1 aromatic carbocycles. The van der Waals surface area contributed by atoms with E-state index >= 15 is 0 Å². The van der Waals surface area contributed by atoms with Gasteiger partial charge in [-0.15, -0.1) is 0 Å². The lowest BCUT2D eigenvalue weighted by Crippen LogP contribution is -2.50. The third kappa shape index (κ3) is 6.10. The largest absolute Gasteiger partial charge is 0.495 e. The number of methoxy groups -OCH3 is 1. The standard InChI is InChI=1S/C27H30ClN5O2/c1-35-22-9-11-25(30-15-22)23-17-33(16-18-2-10-24(29-14-18)19-3-4-19)13-12-26(23)32-27(34)31-21-7-5-20(28)6-8-21/h2,5-11,14-15,19,23,26H,3-4,12-13,16-17H2,1H3,(H2,31,32,34)/t23-,26+/m0/s1. The molecule has 2 aliphatic rings. The number of hydrogen-bond acceptors (Lipinski definition) is 5. The number of nitrogens with zero attached hydrogens (tertiary/aromatic N) is 3. The summed E-state index contributed by atoms with van der Waals surface area (Å²) in [4.78, 5) is 24.5. The number of carbonyl (C=O) groups is 1. The van der Waals surface area contributed by atoms with Gasteiger partial charge in [0.05, 0.1) is 13.3 Å². The zero-order valence-electron chi connectivity index (χ0n) is 19.8. The number of ether oxygens (including phenoxy) is 1. The Kier molecular flexibility index (Phi) is 7.16. The van der Waals surface area contributed by atoms with Crippen LogP contribution in [0.3, 0.4) is 0 Å². The highest BCUT2D eigenvalue weighted by Crippen LogP contribution is 2.38. The summed E-state index contributed by atoms with van der Waals surface area (Å²) in [5, 5.41) is 6.71. The molecule has 2 amide bonds. The van der Waals surface area contributed by atoms with Crippen LogP contribution in [0.5, 0.6) is 5.75 Å². The van der Waals surface area contributed by atoms with Crippen molar-refractivity contribution >= 4 is 23.3 Å². The third-order valence-electron chi connectivity index (χ3n) is 6.74. The van der Waals surface area contributed by atoms with Gasteiger partial charge in [0.15, 0.2) is 0 Å². The molecule has 2 N–H and O–H groups in total. The first-order valence-corrected chi connectivity index (χ1v) is 12.5. The molecular formula is C27H30ClN5O2. The predicted molar refractivity (Wildman–Crippen MR) is 137 cm³/mol. The molecule has 2 fully saturated rings. The number of hydrogen-bond donors (Lipinski definition) is 2. The summed E-state index contributed by atoms with van der Waals surface area (Å²) in [7, 11) is 1.63. The summed E-state index contributed by atoms with van der Waals surface area (Å²) in [5.41, 5.74) is 4.06. The Balaban J connectivity index is 1.27. The van der Waals surface area contributed by atoms with Crippen molar-refractivity contribution in [1.82, 2.24) is 20.2 Å². The predicted octanol–water partition coefficient (Wildman–Crippen LogP) is 5.20. The molecule has 8 heteroatoms. The van der Waals surface area contributed by atoms with Crippen LogP contribution in [0.1, 0.15) is 48.0 Å². The van der Waals surface area contributed by atoms with Crippen molar-refractivity contribution in [2.24, 2.45) is 0 Å². The molecular weight excluding hydrogens is 462 g/mol. The molecule has 1 saturated heterocycles. The van der Waals surface area contributed by atoms with Crippen molar-refractivity contribution in [1.29, 1.82) is 0 Å². The van der Waals surface area contributed by atoms with Crippen LogP contribution in [-0.2, 0) is 6.54 Å². The van der Waals surface area contributed by atoms with E-state index in [1.165, 1.54) is 24.1 Å². The van der Waals surface area contributed by atoms with E-state index in [1.54, 1.807) is 37.6 Å². The lowest BCUT2D eigenvalue weighted by Gasteiger charge is -2.38. The van der Waals surface area contributed by atoms with Crippen LogP contribution in [0.15, 0.2) is 60.9 Å². The fraction of sp³-hybridized carbons (Fsp3) is 0.370. The number of halogens is 1. The number of amides is 2. The van der Waals surface area contributed by atoms with E-state index in [2.05, 4.69) is 37.6 Å². The van der Waals surface area contributed by atoms with Gasteiger partial charge in [-0.2, -0.15) is 0 Å². The Labute approximate surface area is 210 Å². The van der Waals surface area contributed by atoms with Gasteiger partial charge in [0.1, 0.15) is 5.75 Å².